The van der Waals surface area contributed by atoms with Crippen LogP contribution in [0.4, 0.5) is 0 Å². The molecule has 4 nitrogen and oxygen atoms in total. The summed E-state index contributed by atoms with van der Waals surface area (Å²) >= 11 is 0. The van der Waals surface area contributed by atoms with E-state index in [0.717, 1.165) is 18.5 Å². The second-order valence-corrected chi connectivity index (χ2v) is 5.08. The van der Waals surface area contributed by atoms with Gasteiger partial charge >= 0.3 is 0 Å². The highest BCUT2D eigenvalue weighted by molar-refractivity contribution is 5.88. The minimum absolute atomic E-state index is 0.0206. The fourth-order valence-corrected chi connectivity index (χ4v) is 1.73. The second-order valence-electron chi connectivity index (χ2n) is 5.08. The van der Waals surface area contributed by atoms with Crippen LogP contribution in [0, 0.1) is 0 Å². The van der Waals surface area contributed by atoms with Crippen molar-refractivity contribution >= 4 is 5.78 Å². The highest BCUT2D eigenvalue weighted by Gasteiger charge is 2.22. The van der Waals surface area contributed by atoms with Gasteiger partial charge in [-0.2, -0.15) is 5.10 Å². The van der Waals surface area contributed by atoms with Gasteiger partial charge in [0.2, 0.25) is 0 Å². The minimum Gasteiger partial charge on any atom is -0.319 e. The van der Waals surface area contributed by atoms with Crippen molar-refractivity contribution in [3.05, 3.63) is 18.0 Å². The SMILES string of the molecule is CCC(CC)n1ccc(CC(=O)C(C)(C)N)n1. The molecule has 1 aromatic heterocycles. The topological polar surface area (TPSA) is 60.9 Å². The summed E-state index contributed by atoms with van der Waals surface area (Å²) in [5.41, 5.74) is 5.79. The van der Waals surface area contributed by atoms with Crippen LogP contribution in [0.2, 0.25) is 0 Å². The van der Waals surface area contributed by atoms with E-state index in [1.165, 1.54) is 0 Å². The molecule has 0 aliphatic heterocycles. The van der Waals surface area contributed by atoms with Gasteiger partial charge in [0.15, 0.2) is 5.78 Å². The smallest absolute Gasteiger partial charge is 0.158 e. The van der Waals surface area contributed by atoms with Crippen molar-refractivity contribution in [1.82, 2.24) is 9.78 Å². The summed E-state index contributed by atoms with van der Waals surface area (Å²) in [7, 11) is 0. The highest BCUT2D eigenvalue weighted by Crippen LogP contribution is 2.15. The molecular formula is C13H23N3O. The number of carbonyl (C=O) groups is 1. The van der Waals surface area contributed by atoms with Gasteiger partial charge in [-0.25, -0.2) is 0 Å². The average molecular weight is 237 g/mol. The first kappa shape index (κ1) is 13.9. The average Bonchev–Trinajstić information content (AvgIpc) is 2.67. The summed E-state index contributed by atoms with van der Waals surface area (Å²) in [4.78, 5) is 11.8. The Labute approximate surface area is 103 Å². The zero-order valence-electron chi connectivity index (χ0n) is 11.2. The maximum absolute atomic E-state index is 11.8. The summed E-state index contributed by atoms with van der Waals surface area (Å²) in [6.07, 6.45) is 4.36. The third kappa shape index (κ3) is 3.66. The second kappa shape index (κ2) is 5.45. The lowest BCUT2D eigenvalue weighted by atomic mass is 9.97. The van der Waals surface area contributed by atoms with Gasteiger partial charge in [0.1, 0.15) is 0 Å². The number of aromatic nitrogens is 2. The van der Waals surface area contributed by atoms with Gasteiger partial charge in [-0.15, -0.1) is 0 Å². The van der Waals surface area contributed by atoms with Crippen LogP contribution in [0.25, 0.3) is 0 Å². The van der Waals surface area contributed by atoms with Gasteiger partial charge in [0, 0.05) is 6.20 Å². The molecule has 1 heterocycles. The Kier molecular flexibility index (Phi) is 4.46. The monoisotopic (exact) mass is 237 g/mol. The van der Waals surface area contributed by atoms with E-state index in [0.29, 0.717) is 12.5 Å². The van der Waals surface area contributed by atoms with Crippen LogP contribution in [0.3, 0.4) is 0 Å². The quantitative estimate of drug-likeness (QED) is 0.824. The first-order valence-corrected chi connectivity index (χ1v) is 6.24. The number of ketones is 1. The Morgan fingerprint density at radius 1 is 1.47 bits per heavy atom. The van der Waals surface area contributed by atoms with Crippen molar-refractivity contribution < 1.29 is 4.79 Å². The van der Waals surface area contributed by atoms with Gasteiger partial charge < -0.3 is 5.73 Å². The molecular weight excluding hydrogens is 214 g/mol. The lowest BCUT2D eigenvalue weighted by molar-refractivity contribution is -0.122. The van der Waals surface area contributed by atoms with Gasteiger partial charge in [-0.05, 0) is 32.8 Å². The van der Waals surface area contributed by atoms with Crippen molar-refractivity contribution in [2.45, 2.75) is 58.5 Å². The number of Topliss-reactive ketones (excluding diaryl/α,β-unsaturated/α-hetero) is 1. The molecule has 17 heavy (non-hydrogen) atoms. The summed E-state index contributed by atoms with van der Waals surface area (Å²) in [5.74, 6) is 0.0206. The normalized spacial score (nSPS) is 12.1. The van der Waals surface area contributed by atoms with Crippen LogP contribution >= 0.6 is 0 Å². The molecule has 1 rings (SSSR count). The van der Waals surface area contributed by atoms with E-state index in [2.05, 4.69) is 18.9 Å². The molecule has 1 aromatic rings. The van der Waals surface area contributed by atoms with Crippen LogP contribution < -0.4 is 5.73 Å². The Bertz CT molecular complexity index is 372. The maximum atomic E-state index is 11.8. The molecule has 0 bridgehead atoms. The van der Waals surface area contributed by atoms with E-state index in [1.54, 1.807) is 13.8 Å². The van der Waals surface area contributed by atoms with Crippen molar-refractivity contribution in [1.29, 1.82) is 0 Å². The van der Waals surface area contributed by atoms with Gasteiger partial charge in [-0.3, -0.25) is 9.48 Å². The Balaban J connectivity index is 2.72. The van der Waals surface area contributed by atoms with Crippen molar-refractivity contribution in [2.24, 2.45) is 5.73 Å². The molecule has 0 spiro atoms. The Morgan fingerprint density at radius 3 is 2.53 bits per heavy atom. The standard InChI is InChI=1S/C13H23N3O/c1-5-11(6-2)16-8-7-10(15-16)9-12(17)13(3,4)14/h7-8,11H,5-6,9,14H2,1-4H3. The van der Waals surface area contributed by atoms with E-state index in [-0.39, 0.29) is 5.78 Å². The molecule has 0 atom stereocenters. The molecule has 96 valence electrons. The number of nitrogens with zero attached hydrogens (tertiary/aromatic N) is 2. The van der Waals surface area contributed by atoms with Crippen LogP contribution in [0.5, 0.6) is 0 Å². The molecule has 0 radical (unpaired) electrons. The summed E-state index contributed by atoms with van der Waals surface area (Å²) in [6.45, 7) is 7.74. The van der Waals surface area contributed by atoms with Crippen LogP contribution in [0.15, 0.2) is 12.3 Å². The van der Waals surface area contributed by atoms with Crippen LogP contribution in [-0.2, 0) is 11.2 Å². The highest BCUT2D eigenvalue weighted by atomic mass is 16.1. The van der Waals surface area contributed by atoms with Gasteiger partial charge in [-0.1, -0.05) is 13.8 Å². The lowest BCUT2D eigenvalue weighted by Crippen LogP contribution is -2.42. The zero-order valence-corrected chi connectivity index (χ0v) is 11.2. The fourth-order valence-electron chi connectivity index (χ4n) is 1.73. The zero-order chi connectivity index (χ0) is 13.1. The first-order chi connectivity index (χ1) is 7.88. The predicted molar refractivity (Wildman–Crippen MR) is 68.8 cm³/mol. The van der Waals surface area contributed by atoms with E-state index in [4.69, 9.17) is 5.73 Å². The van der Waals surface area contributed by atoms with Crippen LogP contribution in [-0.4, -0.2) is 21.1 Å². The Hall–Kier alpha value is -1.16. The fraction of sp³-hybridized carbons (Fsp3) is 0.692. The number of nitrogens with two attached hydrogens (primary N) is 1. The lowest BCUT2D eigenvalue weighted by Gasteiger charge is -2.16. The maximum Gasteiger partial charge on any atom is 0.158 e. The van der Waals surface area contributed by atoms with Gasteiger partial charge in [0.25, 0.3) is 0 Å². The third-order valence-corrected chi connectivity index (χ3v) is 3.04. The number of hydrogen-bond donors (Lipinski definition) is 1. The largest absolute Gasteiger partial charge is 0.319 e. The molecule has 0 aromatic carbocycles. The van der Waals surface area contributed by atoms with Gasteiger partial charge in [0.05, 0.1) is 23.7 Å². The third-order valence-electron chi connectivity index (χ3n) is 3.04. The number of rotatable bonds is 6. The molecule has 0 unspecified atom stereocenters. The summed E-state index contributed by atoms with van der Waals surface area (Å²) in [5, 5.41) is 4.45. The molecule has 0 fully saturated rings. The van der Waals surface area contributed by atoms with E-state index < -0.39 is 5.54 Å². The molecule has 4 heteroatoms. The minimum atomic E-state index is -0.779. The number of hydrogen-bond acceptors (Lipinski definition) is 3. The predicted octanol–water partition coefficient (Wildman–Crippen LogP) is 2.09. The Morgan fingerprint density at radius 2 is 2.06 bits per heavy atom. The van der Waals surface area contributed by atoms with E-state index in [1.807, 2.05) is 16.9 Å². The van der Waals surface area contributed by atoms with E-state index in [9.17, 15) is 4.79 Å². The number of carbonyl (C=O) groups excluding carboxylic acids is 1. The van der Waals surface area contributed by atoms with Crippen molar-refractivity contribution in [3.8, 4) is 0 Å². The molecule has 0 aliphatic carbocycles. The molecule has 2 N–H and O–H groups in total. The molecule has 0 amide bonds. The molecule has 0 saturated heterocycles. The van der Waals surface area contributed by atoms with Crippen LogP contribution in [0.1, 0.15) is 52.3 Å². The van der Waals surface area contributed by atoms with Crippen molar-refractivity contribution in [3.63, 3.8) is 0 Å². The molecule has 0 saturated carbocycles. The first-order valence-electron chi connectivity index (χ1n) is 6.24. The van der Waals surface area contributed by atoms with Crippen molar-refractivity contribution in [2.75, 3.05) is 0 Å². The molecule has 0 aliphatic rings. The summed E-state index contributed by atoms with van der Waals surface area (Å²) in [6, 6.07) is 2.33. The van der Waals surface area contributed by atoms with E-state index >= 15 is 0 Å². The summed E-state index contributed by atoms with van der Waals surface area (Å²) < 4.78 is 1.95.